The third kappa shape index (κ3) is 5.05. The molecule has 2 N–H and O–H groups in total. The normalized spacial score (nSPS) is 12.8. The Hall–Kier alpha value is -0.620. The summed E-state index contributed by atoms with van der Waals surface area (Å²) in [6.07, 6.45) is 1.77. The number of sulfonamides is 1. The van der Waals surface area contributed by atoms with Crippen molar-refractivity contribution in [3.05, 3.63) is 29.3 Å². The second-order valence-corrected chi connectivity index (χ2v) is 6.45. The summed E-state index contributed by atoms with van der Waals surface area (Å²) in [5.74, 6) is 0. The van der Waals surface area contributed by atoms with E-state index in [4.69, 9.17) is 0 Å². The lowest BCUT2D eigenvalue weighted by atomic mass is 10.0. The van der Waals surface area contributed by atoms with Gasteiger partial charge in [0.25, 0.3) is 0 Å². The standard InChI is InChI=1S/C14H24N2O2S.ClH/c1-5-12-7-8-14(9-13(12)6-2)19(17,18)16-10-11(3)15-4;/h7-9,11,15-16H,5-6,10H2,1-4H3;1H. The Bertz CT molecular complexity index is 518. The Kier molecular flexibility index (Phi) is 8.35. The van der Waals surface area contributed by atoms with Crippen molar-refractivity contribution in [1.82, 2.24) is 10.0 Å². The number of nitrogens with one attached hydrogen (secondary N) is 2. The molecular weight excluding hydrogens is 296 g/mol. The zero-order valence-corrected chi connectivity index (χ0v) is 14.2. The first-order valence-corrected chi connectivity index (χ1v) is 8.21. The summed E-state index contributed by atoms with van der Waals surface area (Å²) in [5.41, 5.74) is 2.32. The van der Waals surface area contributed by atoms with Crippen molar-refractivity contribution >= 4 is 22.4 Å². The summed E-state index contributed by atoms with van der Waals surface area (Å²) in [5, 5.41) is 3.00. The summed E-state index contributed by atoms with van der Waals surface area (Å²) < 4.78 is 27.0. The van der Waals surface area contributed by atoms with E-state index in [0.29, 0.717) is 11.4 Å². The van der Waals surface area contributed by atoms with Crippen LogP contribution in [0.5, 0.6) is 0 Å². The van der Waals surface area contributed by atoms with Gasteiger partial charge in [0.15, 0.2) is 0 Å². The van der Waals surface area contributed by atoms with Gasteiger partial charge in [0.1, 0.15) is 0 Å². The second kappa shape index (κ2) is 8.62. The lowest BCUT2D eigenvalue weighted by Gasteiger charge is -2.13. The maximum atomic E-state index is 12.2. The fraction of sp³-hybridized carbons (Fsp3) is 0.571. The van der Waals surface area contributed by atoms with Gasteiger partial charge in [-0.05, 0) is 50.1 Å². The van der Waals surface area contributed by atoms with Gasteiger partial charge < -0.3 is 5.32 Å². The molecule has 0 aliphatic heterocycles. The molecule has 6 heteroatoms. The van der Waals surface area contributed by atoms with E-state index in [-0.39, 0.29) is 18.4 Å². The number of rotatable bonds is 7. The van der Waals surface area contributed by atoms with Gasteiger partial charge in [-0.2, -0.15) is 0 Å². The van der Waals surface area contributed by atoms with Crippen LogP contribution in [0.2, 0.25) is 0 Å². The zero-order valence-electron chi connectivity index (χ0n) is 12.6. The highest BCUT2D eigenvalue weighted by Crippen LogP contribution is 2.17. The van der Waals surface area contributed by atoms with E-state index in [9.17, 15) is 8.42 Å². The molecule has 0 radical (unpaired) electrons. The third-order valence-corrected chi connectivity index (χ3v) is 4.74. The van der Waals surface area contributed by atoms with Gasteiger partial charge in [-0.15, -0.1) is 12.4 Å². The van der Waals surface area contributed by atoms with Gasteiger partial charge in [0.2, 0.25) is 10.0 Å². The maximum Gasteiger partial charge on any atom is 0.240 e. The van der Waals surface area contributed by atoms with Gasteiger partial charge in [-0.3, -0.25) is 0 Å². The summed E-state index contributed by atoms with van der Waals surface area (Å²) in [4.78, 5) is 0.352. The topological polar surface area (TPSA) is 58.2 Å². The number of hydrogen-bond donors (Lipinski definition) is 2. The van der Waals surface area contributed by atoms with Crippen molar-refractivity contribution in [2.24, 2.45) is 0 Å². The van der Waals surface area contributed by atoms with Crippen LogP contribution in [-0.4, -0.2) is 28.1 Å². The van der Waals surface area contributed by atoms with Crippen molar-refractivity contribution in [1.29, 1.82) is 0 Å². The SMILES string of the molecule is CCc1ccc(S(=O)(=O)NCC(C)NC)cc1CC.Cl. The first-order chi connectivity index (χ1) is 8.94. The van der Waals surface area contributed by atoms with Crippen LogP contribution in [0.15, 0.2) is 23.1 Å². The molecule has 0 aliphatic rings. The number of likely N-dealkylation sites (N-methyl/N-ethyl adjacent to an activating group) is 1. The van der Waals surface area contributed by atoms with Crippen LogP contribution in [0.25, 0.3) is 0 Å². The van der Waals surface area contributed by atoms with E-state index in [1.54, 1.807) is 12.1 Å². The fourth-order valence-corrected chi connectivity index (χ4v) is 3.04. The molecule has 1 atom stereocenters. The average molecular weight is 321 g/mol. The van der Waals surface area contributed by atoms with Crippen LogP contribution in [0.4, 0.5) is 0 Å². The van der Waals surface area contributed by atoms with E-state index in [1.807, 2.05) is 27.0 Å². The molecule has 4 nitrogen and oxygen atoms in total. The van der Waals surface area contributed by atoms with E-state index in [2.05, 4.69) is 17.0 Å². The minimum atomic E-state index is -3.41. The van der Waals surface area contributed by atoms with E-state index in [1.165, 1.54) is 5.56 Å². The molecule has 0 heterocycles. The molecule has 0 aromatic heterocycles. The molecule has 116 valence electrons. The lowest BCUT2D eigenvalue weighted by molar-refractivity contribution is 0.554. The summed E-state index contributed by atoms with van der Waals surface area (Å²) in [7, 11) is -1.60. The Morgan fingerprint density at radius 2 is 1.75 bits per heavy atom. The molecule has 1 unspecified atom stereocenters. The van der Waals surface area contributed by atoms with Gasteiger partial charge in [-0.25, -0.2) is 13.1 Å². The summed E-state index contributed by atoms with van der Waals surface area (Å²) in [6.45, 7) is 6.44. The first-order valence-electron chi connectivity index (χ1n) is 6.73. The van der Waals surface area contributed by atoms with Gasteiger partial charge in [0.05, 0.1) is 4.90 Å². The highest BCUT2D eigenvalue weighted by molar-refractivity contribution is 7.89. The average Bonchev–Trinajstić information content (AvgIpc) is 2.43. The van der Waals surface area contributed by atoms with Crippen LogP contribution < -0.4 is 10.0 Å². The molecule has 0 saturated heterocycles. The van der Waals surface area contributed by atoms with Gasteiger partial charge in [0, 0.05) is 12.6 Å². The Labute approximate surface area is 128 Å². The van der Waals surface area contributed by atoms with E-state index in [0.717, 1.165) is 18.4 Å². The molecule has 0 bridgehead atoms. The van der Waals surface area contributed by atoms with Crippen molar-refractivity contribution in [2.75, 3.05) is 13.6 Å². The zero-order chi connectivity index (χ0) is 14.5. The van der Waals surface area contributed by atoms with Gasteiger partial charge >= 0.3 is 0 Å². The Morgan fingerprint density at radius 3 is 2.25 bits per heavy atom. The molecule has 20 heavy (non-hydrogen) atoms. The summed E-state index contributed by atoms with van der Waals surface area (Å²) >= 11 is 0. The van der Waals surface area contributed by atoms with Crippen LogP contribution >= 0.6 is 12.4 Å². The summed E-state index contributed by atoms with van der Waals surface area (Å²) in [6, 6.07) is 5.49. The van der Waals surface area contributed by atoms with Crippen molar-refractivity contribution < 1.29 is 8.42 Å². The van der Waals surface area contributed by atoms with Gasteiger partial charge in [-0.1, -0.05) is 19.9 Å². The van der Waals surface area contributed by atoms with E-state index < -0.39 is 10.0 Å². The number of benzene rings is 1. The highest BCUT2D eigenvalue weighted by Gasteiger charge is 2.15. The van der Waals surface area contributed by atoms with E-state index >= 15 is 0 Å². The maximum absolute atomic E-state index is 12.2. The quantitative estimate of drug-likeness (QED) is 0.809. The molecular formula is C14H25ClN2O2S. The third-order valence-electron chi connectivity index (χ3n) is 3.32. The Balaban J connectivity index is 0.00000361. The molecule has 0 fully saturated rings. The molecule has 0 aliphatic carbocycles. The molecule has 0 spiro atoms. The molecule has 0 saturated carbocycles. The predicted octanol–water partition coefficient (Wildman–Crippen LogP) is 2.12. The van der Waals surface area contributed by atoms with Crippen LogP contribution in [0, 0.1) is 0 Å². The number of halogens is 1. The van der Waals surface area contributed by atoms with Crippen molar-refractivity contribution in [2.45, 2.75) is 44.6 Å². The first kappa shape index (κ1) is 19.4. The van der Waals surface area contributed by atoms with Crippen LogP contribution in [0.3, 0.4) is 0 Å². The molecule has 0 amide bonds. The van der Waals surface area contributed by atoms with Crippen LogP contribution in [0.1, 0.15) is 31.9 Å². The fourth-order valence-electron chi connectivity index (χ4n) is 1.86. The smallest absolute Gasteiger partial charge is 0.240 e. The number of aryl methyl sites for hydroxylation is 2. The predicted molar refractivity (Wildman–Crippen MR) is 86.2 cm³/mol. The monoisotopic (exact) mass is 320 g/mol. The molecule has 1 aromatic rings. The molecule has 1 rings (SSSR count). The number of hydrogen-bond acceptors (Lipinski definition) is 3. The second-order valence-electron chi connectivity index (χ2n) is 4.68. The Morgan fingerprint density at radius 1 is 1.15 bits per heavy atom. The van der Waals surface area contributed by atoms with Crippen molar-refractivity contribution in [3.63, 3.8) is 0 Å². The minimum absolute atomic E-state index is 0. The highest BCUT2D eigenvalue weighted by atomic mass is 35.5. The van der Waals surface area contributed by atoms with Crippen molar-refractivity contribution in [3.8, 4) is 0 Å². The molecule has 1 aromatic carbocycles. The minimum Gasteiger partial charge on any atom is -0.316 e. The largest absolute Gasteiger partial charge is 0.316 e. The van der Waals surface area contributed by atoms with Crippen LogP contribution in [-0.2, 0) is 22.9 Å². The lowest BCUT2D eigenvalue weighted by Crippen LogP contribution is -2.37.